The van der Waals surface area contributed by atoms with E-state index in [1.54, 1.807) is 24.3 Å². The molecule has 0 saturated heterocycles. The van der Waals surface area contributed by atoms with Crippen LogP contribution in [0.1, 0.15) is 51.9 Å². The van der Waals surface area contributed by atoms with Crippen molar-refractivity contribution in [1.29, 1.82) is 0 Å². The molecule has 1 aromatic rings. The van der Waals surface area contributed by atoms with Crippen LogP contribution in [0, 0.1) is 0 Å². The molecule has 5 heteroatoms. The van der Waals surface area contributed by atoms with E-state index < -0.39 is 10.1 Å². The molecule has 0 amide bonds. The number of unbranched alkanes of at least 4 members (excludes halogenated alkanes) is 6. The zero-order chi connectivity index (χ0) is 14.0. The first kappa shape index (κ1) is 19.5. The maximum Gasteiger partial charge on any atom is 0.309 e. The summed E-state index contributed by atoms with van der Waals surface area (Å²) in [4.78, 5) is 0. The molecule has 0 unspecified atom stereocenters. The predicted molar refractivity (Wildman–Crippen MR) is 78.8 cm³/mol. The van der Waals surface area contributed by atoms with Gasteiger partial charge in [-0.05, 0) is 18.6 Å². The summed E-state index contributed by atoms with van der Waals surface area (Å²) in [6.07, 6.45) is 7.72. The Balaban J connectivity index is 0.00000361. The molecular weight excluding hydrogens is 324 g/mol. The van der Waals surface area contributed by atoms with E-state index in [0.717, 1.165) is 12.8 Å². The molecule has 1 aromatic carbocycles. The summed E-state index contributed by atoms with van der Waals surface area (Å²) in [6, 6.07) is 8.66. The molecule has 1 rings (SSSR count). The Morgan fingerprint density at radius 2 is 1.45 bits per heavy atom. The van der Waals surface area contributed by atoms with Crippen LogP contribution in [0.3, 0.4) is 0 Å². The van der Waals surface area contributed by atoms with Gasteiger partial charge in [-0.1, -0.05) is 63.6 Å². The van der Waals surface area contributed by atoms with Crippen LogP contribution in [0.4, 0.5) is 0 Å². The van der Waals surface area contributed by atoms with E-state index in [-0.39, 0.29) is 22.8 Å². The van der Waals surface area contributed by atoms with Crippen LogP contribution in [0.5, 0.6) is 5.75 Å². The van der Waals surface area contributed by atoms with E-state index in [9.17, 15) is 8.42 Å². The molecule has 1 radical (unpaired) electrons. The van der Waals surface area contributed by atoms with Gasteiger partial charge in [-0.15, -0.1) is 0 Å². The molecule has 0 N–H and O–H groups in total. The van der Waals surface area contributed by atoms with E-state index in [1.807, 2.05) is 6.07 Å². The Morgan fingerprint density at radius 1 is 0.900 bits per heavy atom. The molecule has 0 fully saturated rings. The molecule has 0 aliphatic carbocycles. The van der Waals surface area contributed by atoms with E-state index in [2.05, 4.69) is 6.92 Å². The third-order valence-corrected chi connectivity index (χ3v) is 4.20. The third-order valence-electron chi connectivity index (χ3n) is 2.96. The number of hydrogen-bond donors (Lipinski definition) is 0. The molecule has 0 heterocycles. The Hall–Kier alpha value is -0.511. The Kier molecular flexibility index (Phi) is 10.9. The molecule has 0 saturated carbocycles. The average molecular weight is 348 g/mol. The number of rotatable bonds is 10. The van der Waals surface area contributed by atoms with Crippen molar-refractivity contribution in [2.45, 2.75) is 51.9 Å². The molecule has 3 nitrogen and oxygen atoms in total. The van der Waals surface area contributed by atoms with Crippen LogP contribution < -0.4 is 4.18 Å². The SMILES string of the molecule is CCCCCCCCCS(=O)(=O)Oc1ccccc1.[Cu]. The van der Waals surface area contributed by atoms with Gasteiger partial charge in [-0.25, -0.2) is 0 Å². The second kappa shape index (κ2) is 11.2. The number of para-hydroxylation sites is 1. The summed E-state index contributed by atoms with van der Waals surface area (Å²) >= 11 is 0. The minimum atomic E-state index is -3.43. The van der Waals surface area contributed by atoms with Crippen LogP contribution in [-0.4, -0.2) is 14.2 Å². The van der Waals surface area contributed by atoms with Crippen molar-refractivity contribution in [3.8, 4) is 5.75 Å². The molecule has 0 aliphatic heterocycles. The summed E-state index contributed by atoms with van der Waals surface area (Å²) in [5.74, 6) is 0.501. The summed E-state index contributed by atoms with van der Waals surface area (Å²) < 4.78 is 28.4. The van der Waals surface area contributed by atoms with Crippen LogP contribution in [0.25, 0.3) is 0 Å². The zero-order valence-electron chi connectivity index (χ0n) is 12.0. The van der Waals surface area contributed by atoms with E-state index in [4.69, 9.17) is 4.18 Å². The van der Waals surface area contributed by atoms with Gasteiger partial charge in [0.15, 0.2) is 0 Å². The standard InChI is InChI=1S/C15H24O3S.Cu/c1-2-3-4-5-6-7-11-14-19(16,17)18-15-12-9-8-10-13-15;/h8-10,12-13H,2-7,11,14H2,1H3;. The van der Waals surface area contributed by atoms with E-state index in [1.165, 1.54) is 25.7 Å². The maximum atomic E-state index is 11.7. The van der Waals surface area contributed by atoms with Crippen molar-refractivity contribution in [1.82, 2.24) is 0 Å². The fraction of sp³-hybridized carbons (Fsp3) is 0.600. The van der Waals surface area contributed by atoms with Gasteiger partial charge in [0.05, 0.1) is 5.75 Å². The molecule has 0 aromatic heterocycles. The second-order valence-corrected chi connectivity index (χ2v) is 6.47. The molecule has 0 bridgehead atoms. The van der Waals surface area contributed by atoms with Crippen molar-refractivity contribution in [2.75, 3.05) is 5.75 Å². The largest absolute Gasteiger partial charge is 0.382 e. The van der Waals surface area contributed by atoms with E-state index >= 15 is 0 Å². The molecule has 0 aliphatic rings. The van der Waals surface area contributed by atoms with Crippen molar-refractivity contribution in [3.05, 3.63) is 30.3 Å². The van der Waals surface area contributed by atoms with Crippen LogP contribution >= 0.6 is 0 Å². The zero-order valence-corrected chi connectivity index (χ0v) is 13.7. The monoisotopic (exact) mass is 347 g/mol. The molecular formula is C15H24CuO3S. The van der Waals surface area contributed by atoms with Crippen LogP contribution in [0.2, 0.25) is 0 Å². The first-order valence-corrected chi connectivity index (χ1v) is 8.69. The fourth-order valence-corrected chi connectivity index (χ4v) is 2.95. The molecule has 20 heavy (non-hydrogen) atoms. The molecule has 0 spiro atoms. The van der Waals surface area contributed by atoms with Crippen molar-refractivity contribution >= 4 is 10.1 Å². The third kappa shape index (κ3) is 9.40. The Bertz CT molecular complexity index is 432. The summed E-state index contributed by atoms with van der Waals surface area (Å²) in [5.41, 5.74) is 0. The summed E-state index contributed by atoms with van der Waals surface area (Å²) in [7, 11) is -3.43. The smallest absolute Gasteiger partial charge is 0.309 e. The van der Waals surface area contributed by atoms with Crippen molar-refractivity contribution < 1.29 is 29.7 Å². The van der Waals surface area contributed by atoms with Gasteiger partial charge in [0, 0.05) is 17.1 Å². The van der Waals surface area contributed by atoms with Gasteiger partial charge in [0.1, 0.15) is 5.75 Å². The quantitative estimate of drug-likeness (QED) is 0.363. The fourth-order valence-electron chi connectivity index (χ4n) is 1.90. The molecule has 119 valence electrons. The Morgan fingerprint density at radius 3 is 2.05 bits per heavy atom. The summed E-state index contributed by atoms with van der Waals surface area (Å²) in [6.45, 7) is 2.19. The topological polar surface area (TPSA) is 43.4 Å². The minimum absolute atomic E-state index is 0. The van der Waals surface area contributed by atoms with Gasteiger partial charge in [-0.2, -0.15) is 8.42 Å². The van der Waals surface area contributed by atoms with Gasteiger partial charge < -0.3 is 4.18 Å². The number of benzene rings is 1. The van der Waals surface area contributed by atoms with Crippen molar-refractivity contribution in [2.24, 2.45) is 0 Å². The van der Waals surface area contributed by atoms with Gasteiger partial charge in [0.25, 0.3) is 0 Å². The summed E-state index contributed by atoms with van der Waals surface area (Å²) in [5, 5.41) is 0. The van der Waals surface area contributed by atoms with Crippen LogP contribution in [0.15, 0.2) is 30.3 Å². The second-order valence-electron chi connectivity index (χ2n) is 4.78. The van der Waals surface area contributed by atoms with E-state index in [0.29, 0.717) is 12.2 Å². The van der Waals surface area contributed by atoms with Crippen LogP contribution in [-0.2, 0) is 27.2 Å². The van der Waals surface area contributed by atoms with Gasteiger partial charge in [0.2, 0.25) is 0 Å². The van der Waals surface area contributed by atoms with Crippen molar-refractivity contribution in [3.63, 3.8) is 0 Å². The van der Waals surface area contributed by atoms with Gasteiger partial charge >= 0.3 is 10.1 Å². The maximum absolute atomic E-state index is 11.7. The minimum Gasteiger partial charge on any atom is -0.382 e. The predicted octanol–water partition coefficient (Wildman–Crippen LogP) is 4.14. The first-order valence-electron chi connectivity index (χ1n) is 7.11. The Labute approximate surface area is 133 Å². The average Bonchev–Trinajstić information content (AvgIpc) is 2.38. The van der Waals surface area contributed by atoms with Gasteiger partial charge in [-0.3, -0.25) is 0 Å². The normalized spacial score (nSPS) is 10.8. The first-order chi connectivity index (χ1) is 9.14. The number of hydrogen-bond acceptors (Lipinski definition) is 3. The molecule has 0 atom stereocenters.